The van der Waals surface area contributed by atoms with E-state index < -0.39 is 6.10 Å². The maximum absolute atomic E-state index is 12.5. The molecule has 2 N–H and O–H groups in total. The van der Waals surface area contributed by atoms with Crippen LogP contribution in [0.5, 0.6) is 0 Å². The van der Waals surface area contributed by atoms with Crippen LogP contribution in [0.4, 0.5) is 0 Å². The molecule has 0 aromatic carbocycles. The van der Waals surface area contributed by atoms with Crippen LogP contribution in [-0.2, 0) is 4.79 Å². The molecule has 2 bridgehead atoms. The quantitative estimate of drug-likeness (QED) is 0.723. The zero-order valence-corrected chi connectivity index (χ0v) is 10.4. The van der Waals surface area contributed by atoms with Crippen LogP contribution in [0.2, 0.25) is 0 Å². The molecule has 3 rings (SSSR count). The van der Waals surface area contributed by atoms with E-state index in [0.717, 1.165) is 18.9 Å². The van der Waals surface area contributed by atoms with Gasteiger partial charge in [0.2, 0.25) is 5.91 Å². The molecular weight excluding hydrogens is 216 g/mol. The molecular formula is C13H22N2O2. The number of likely N-dealkylation sites (N-methyl/N-ethyl adjacent to an activating group) is 1. The molecule has 17 heavy (non-hydrogen) atoms. The summed E-state index contributed by atoms with van der Waals surface area (Å²) >= 11 is 0. The number of amides is 1. The summed E-state index contributed by atoms with van der Waals surface area (Å²) in [5, 5.41) is 13.0. The highest BCUT2D eigenvalue weighted by Crippen LogP contribution is 2.48. The fourth-order valence-corrected chi connectivity index (χ4v) is 4.02. The van der Waals surface area contributed by atoms with Crippen molar-refractivity contribution in [1.29, 1.82) is 0 Å². The molecule has 5 atom stereocenters. The summed E-state index contributed by atoms with van der Waals surface area (Å²) in [6.07, 6.45) is 4.51. The van der Waals surface area contributed by atoms with Crippen molar-refractivity contribution in [2.75, 3.05) is 20.1 Å². The summed E-state index contributed by atoms with van der Waals surface area (Å²) in [6.45, 7) is 1.34. The van der Waals surface area contributed by atoms with E-state index in [4.69, 9.17) is 0 Å². The normalized spacial score (nSPS) is 44.2. The van der Waals surface area contributed by atoms with Crippen LogP contribution < -0.4 is 5.32 Å². The third-order valence-electron chi connectivity index (χ3n) is 5.05. The zero-order valence-electron chi connectivity index (χ0n) is 10.4. The van der Waals surface area contributed by atoms with Gasteiger partial charge in [-0.05, 0) is 31.1 Å². The van der Waals surface area contributed by atoms with Crippen molar-refractivity contribution in [3.05, 3.63) is 0 Å². The standard InChI is InChI=1S/C13H22N2O2/c1-15(11-6-14-7-12(11)16)13(17)10-5-8-2-3-9(10)4-8/h8-12,14,16H,2-7H2,1H3/t8?,9?,10?,11-,12-/m1/s1. The van der Waals surface area contributed by atoms with Crippen molar-refractivity contribution in [2.24, 2.45) is 17.8 Å². The van der Waals surface area contributed by atoms with Crippen molar-refractivity contribution < 1.29 is 9.90 Å². The van der Waals surface area contributed by atoms with E-state index in [1.807, 2.05) is 7.05 Å². The van der Waals surface area contributed by atoms with Crippen molar-refractivity contribution in [3.63, 3.8) is 0 Å². The highest BCUT2D eigenvalue weighted by atomic mass is 16.3. The predicted octanol–water partition coefficient (Wildman–Crippen LogP) is 0.214. The lowest BCUT2D eigenvalue weighted by molar-refractivity contribution is -0.139. The summed E-state index contributed by atoms with van der Waals surface area (Å²) in [5.41, 5.74) is 0. The Morgan fingerprint density at radius 1 is 1.29 bits per heavy atom. The van der Waals surface area contributed by atoms with Crippen LogP contribution in [0, 0.1) is 17.8 Å². The Bertz CT molecular complexity index is 321. The number of aliphatic hydroxyl groups excluding tert-OH is 1. The van der Waals surface area contributed by atoms with Crippen LogP contribution in [0.3, 0.4) is 0 Å². The number of carbonyl (C=O) groups is 1. The van der Waals surface area contributed by atoms with E-state index >= 15 is 0 Å². The molecule has 4 nitrogen and oxygen atoms in total. The number of nitrogens with zero attached hydrogens (tertiary/aromatic N) is 1. The maximum atomic E-state index is 12.5. The van der Waals surface area contributed by atoms with E-state index in [1.54, 1.807) is 4.90 Å². The Kier molecular flexibility index (Phi) is 2.87. The lowest BCUT2D eigenvalue weighted by Crippen LogP contribution is -2.47. The van der Waals surface area contributed by atoms with Crippen LogP contribution in [-0.4, -0.2) is 48.2 Å². The first-order valence-corrected chi connectivity index (χ1v) is 6.82. The summed E-state index contributed by atoms with van der Waals surface area (Å²) in [7, 11) is 1.86. The highest BCUT2D eigenvalue weighted by Gasteiger charge is 2.45. The van der Waals surface area contributed by atoms with Gasteiger partial charge in [-0.1, -0.05) is 6.42 Å². The third kappa shape index (κ3) is 1.87. The SMILES string of the molecule is CN(C(=O)C1CC2CCC1C2)[C@@H]1CNC[C@H]1O. The zero-order chi connectivity index (χ0) is 12.0. The summed E-state index contributed by atoms with van der Waals surface area (Å²) < 4.78 is 0. The maximum Gasteiger partial charge on any atom is 0.226 e. The number of hydrogen-bond acceptors (Lipinski definition) is 3. The minimum Gasteiger partial charge on any atom is -0.390 e. The Labute approximate surface area is 102 Å². The lowest BCUT2D eigenvalue weighted by atomic mass is 9.87. The molecule has 4 heteroatoms. The van der Waals surface area contributed by atoms with E-state index in [0.29, 0.717) is 12.5 Å². The Balaban J connectivity index is 1.65. The molecule has 2 saturated carbocycles. The number of hydrogen-bond donors (Lipinski definition) is 2. The van der Waals surface area contributed by atoms with Crippen molar-refractivity contribution in [2.45, 2.75) is 37.8 Å². The number of β-amino-alcohol motifs (C(OH)–C–C–N with tert-alkyl or cyclic N) is 1. The second kappa shape index (κ2) is 4.25. The summed E-state index contributed by atoms with van der Waals surface area (Å²) in [5.74, 6) is 1.94. The molecule has 0 aromatic heterocycles. The van der Waals surface area contributed by atoms with Gasteiger partial charge in [0, 0.05) is 26.1 Å². The second-order valence-electron chi connectivity index (χ2n) is 6.02. The van der Waals surface area contributed by atoms with Gasteiger partial charge in [0.25, 0.3) is 0 Å². The van der Waals surface area contributed by atoms with Gasteiger partial charge in [-0.2, -0.15) is 0 Å². The fraction of sp³-hybridized carbons (Fsp3) is 0.923. The monoisotopic (exact) mass is 238 g/mol. The molecule has 0 spiro atoms. The summed E-state index contributed by atoms with van der Waals surface area (Å²) in [6, 6.07) is -0.0263. The molecule has 1 amide bonds. The molecule has 0 radical (unpaired) electrons. The van der Waals surface area contributed by atoms with E-state index in [1.165, 1.54) is 19.3 Å². The first kappa shape index (κ1) is 11.5. The smallest absolute Gasteiger partial charge is 0.226 e. The number of aliphatic hydroxyl groups is 1. The highest BCUT2D eigenvalue weighted by molar-refractivity contribution is 5.80. The van der Waals surface area contributed by atoms with Gasteiger partial charge >= 0.3 is 0 Å². The van der Waals surface area contributed by atoms with Crippen LogP contribution >= 0.6 is 0 Å². The predicted molar refractivity (Wildman–Crippen MR) is 64.4 cm³/mol. The topological polar surface area (TPSA) is 52.6 Å². The molecule has 3 aliphatic rings. The van der Waals surface area contributed by atoms with E-state index in [9.17, 15) is 9.90 Å². The molecule has 0 aromatic rings. The Morgan fingerprint density at radius 2 is 2.12 bits per heavy atom. The Hall–Kier alpha value is -0.610. The molecule has 1 saturated heterocycles. The third-order valence-corrected chi connectivity index (χ3v) is 5.05. The molecule has 3 unspecified atom stereocenters. The van der Waals surface area contributed by atoms with Gasteiger partial charge in [-0.3, -0.25) is 4.79 Å². The molecule has 3 fully saturated rings. The van der Waals surface area contributed by atoms with Crippen LogP contribution in [0.25, 0.3) is 0 Å². The first-order valence-electron chi connectivity index (χ1n) is 6.82. The van der Waals surface area contributed by atoms with E-state index in [-0.39, 0.29) is 17.9 Å². The average molecular weight is 238 g/mol. The van der Waals surface area contributed by atoms with Gasteiger partial charge < -0.3 is 15.3 Å². The van der Waals surface area contributed by atoms with Crippen LogP contribution in [0.1, 0.15) is 25.7 Å². The number of rotatable bonds is 2. The van der Waals surface area contributed by atoms with Crippen LogP contribution in [0.15, 0.2) is 0 Å². The summed E-state index contributed by atoms with van der Waals surface area (Å²) in [4.78, 5) is 14.3. The molecule has 1 aliphatic heterocycles. The Morgan fingerprint density at radius 3 is 2.65 bits per heavy atom. The second-order valence-corrected chi connectivity index (χ2v) is 6.02. The molecule has 1 heterocycles. The largest absolute Gasteiger partial charge is 0.390 e. The van der Waals surface area contributed by atoms with Gasteiger partial charge in [0.05, 0.1) is 12.1 Å². The molecule has 96 valence electrons. The lowest BCUT2D eigenvalue weighted by Gasteiger charge is -2.31. The fourth-order valence-electron chi connectivity index (χ4n) is 4.02. The van der Waals surface area contributed by atoms with Gasteiger partial charge in [-0.25, -0.2) is 0 Å². The van der Waals surface area contributed by atoms with Gasteiger partial charge in [-0.15, -0.1) is 0 Å². The van der Waals surface area contributed by atoms with Crippen molar-refractivity contribution in [1.82, 2.24) is 10.2 Å². The van der Waals surface area contributed by atoms with Crippen molar-refractivity contribution in [3.8, 4) is 0 Å². The molecule has 2 aliphatic carbocycles. The average Bonchev–Trinajstić information content (AvgIpc) is 3.02. The van der Waals surface area contributed by atoms with Gasteiger partial charge in [0.15, 0.2) is 0 Å². The number of carbonyl (C=O) groups excluding carboxylic acids is 1. The minimum absolute atomic E-state index is 0.0263. The number of nitrogens with one attached hydrogen (secondary N) is 1. The number of fused-ring (bicyclic) bond motifs is 2. The minimum atomic E-state index is -0.400. The van der Waals surface area contributed by atoms with E-state index in [2.05, 4.69) is 5.32 Å². The van der Waals surface area contributed by atoms with Gasteiger partial charge in [0.1, 0.15) is 0 Å². The first-order chi connectivity index (χ1) is 8.16. The van der Waals surface area contributed by atoms with Crippen molar-refractivity contribution >= 4 is 5.91 Å².